The molecule has 0 bridgehead atoms. The van der Waals surface area contributed by atoms with Gasteiger partial charge in [-0.1, -0.05) is 0 Å². The first-order valence-corrected chi connectivity index (χ1v) is 3.21. The third-order valence-electron chi connectivity index (χ3n) is 1.03. The Bertz CT molecular complexity index is 173. The normalized spacial score (nSPS) is 8.00. The van der Waals surface area contributed by atoms with E-state index >= 15 is 0 Å². The molecule has 0 fully saturated rings. The molecule has 1 aliphatic carbocycles. The van der Waals surface area contributed by atoms with E-state index in [0.29, 0.717) is 0 Å². The molecule has 1 aromatic rings. The van der Waals surface area contributed by atoms with E-state index < -0.39 is 0 Å². The van der Waals surface area contributed by atoms with Crippen LogP contribution in [-0.4, -0.2) is 4.98 Å². The molecule has 2 rings (SSSR count). The quantitative estimate of drug-likeness (QED) is 0.541. The van der Waals surface area contributed by atoms with Crippen LogP contribution in [0.15, 0.2) is 36.6 Å². The largest absolute Gasteiger partial charge is 0.484 e. The summed E-state index contributed by atoms with van der Waals surface area (Å²) in [6, 6.07) is 3.71. The van der Waals surface area contributed by atoms with Crippen molar-refractivity contribution >= 4 is 0 Å². The topological polar surface area (TPSA) is 15.8 Å². The molecule has 1 N–H and O–H groups in total. The third-order valence-corrected chi connectivity index (χ3v) is 1.03. The number of aromatic amines is 1. The van der Waals surface area contributed by atoms with Crippen LogP contribution in [0.4, 0.5) is 0 Å². The predicted octanol–water partition coefficient (Wildman–Crippen LogP) is 4.37. The molecule has 0 amide bonds. The molecule has 0 saturated heterocycles. The van der Waals surface area contributed by atoms with Crippen molar-refractivity contribution in [2.45, 2.75) is 6.42 Å². The maximum absolute atomic E-state index is 2.99. The fourth-order valence-corrected chi connectivity index (χ4v) is 0.581. The molecule has 1 aromatic heterocycles. The van der Waals surface area contributed by atoms with Gasteiger partial charge in [-0.3, -0.25) is 6.08 Å². The fraction of sp³-hybridized carbons (Fsp3) is 0.0714. The molecule has 0 radical (unpaired) electrons. The van der Waals surface area contributed by atoms with E-state index in [1.807, 2.05) is 30.5 Å². The Hall–Kier alpha value is -0.617. The second-order valence-electron chi connectivity index (χ2n) is 1.82. The molecule has 0 saturated carbocycles. The van der Waals surface area contributed by atoms with Gasteiger partial charge in [0.2, 0.25) is 0 Å². The monoisotopic (exact) mass is 308 g/mol. The van der Waals surface area contributed by atoms with Crippen LogP contribution >= 0.6 is 0 Å². The smallest absolute Gasteiger partial charge is 0 e. The first-order valence-electron chi connectivity index (χ1n) is 3.21. The number of hydrogen-bond donors (Lipinski definition) is 1. The van der Waals surface area contributed by atoms with E-state index in [1.165, 1.54) is 0 Å². The Morgan fingerprint density at radius 3 is 1.75 bits per heavy atom. The van der Waals surface area contributed by atoms with E-state index in [2.05, 4.69) is 23.3 Å². The van der Waals surface area contributed by atoms with Crippen LogP contribution in [0, 0.1) is 49.4 Å². The van der Waals surface area contributed by atoms with Gasteiger partial charge < -0.3 is 42.1 Å². The summed E-state index contributed by atoms with van der Waals surface area (Å²) >= 11 is 0. The minimum atomic E-state index is 0. The summed E-state index contributed by atoms with van der Waals surface area (Å²) < 4.78 is 0. The Morgan fingerprint density at radius 1 is 1.00 bits per heavy atom. The van der Waals surface area contributed by atoms with Gasteiger partial charge in [0.25, 0.3) is 0 Å². The first kappa shape index (κ1) is 36.1. The van der Waals surface area contributed by atoms with E-state index in [0.717, 1.165) is 6.42 Å². The van der Waals surface area contributed by atoms with E-state index in [9.17, 15) is 0 Å². The van der Waals surface area contributed by atoms with E-state index in [-0.39, 0.29) is 56.6 Å². The van der Waals surface area contributed by atoms with Crippen LogP contribution in [0.3, 0.4) is 0 Å². The summed E-state index contributed by atoms with van der Waals surface area (Å²) in [5, 5.41) is 0. The number of hydrogen-bond acceptors (Lipinski definition) is 0. The molecule has 0 aromatic carbocycles. The van der Waals surface area contributed by atoms with Crippen LogP contribution in [-0.2, 0) is 19.5 Å². The van der Waals surface area contributed by atoms with Crippen molar-refractivity contribution in [3.05, 3.63) is 86.0 Å². The van der Waals surface area contributed by atoms with Gasteiger partial charge >= 0.3 is 0 Å². The van der Waals surface area contributed by atoms with Crippen molar-refractivity contribution in [3.8, 4) is 0 Å². The molecule has 0 spiro atoms. The Labute approximate surface area is 117 Å². The molecule has 1 heterocycles. The second kappa shape index (κ2) is 29.3. The van der Waals surface area contributed by atoms with Crippen LogP contribution in [0.5, 0.6) is 0 Å². The van der Waals surface area contributed by atoms with Gasteiger partial charge in [-0.2, -0.15) is 24.4 Å². The molecule has 100 valence electrons. The van der Waals surface area contributed by atoms with Crippen molar-refractivity contribution in [2.75, 3.05) is 0 Å². The zero-order valence-electron chi connectivity index (χ0n) is 11.0. The second-order valence-corrected chi connectivity index (χ2v) is 1.82. The molecular weight excluding hydrogens is 283 g/mol. The zero-order valence-corrected chi connectivity index (χ0v) is 12.8. The fourth-order valence-electron chi connectivity index (χ4n) is 0.581. The standard InChI is InChI=1S/C5H5.C4H4N.5CH3.Ru/c2*1-2-4-5-3-1;;;;;;/h1-3H,4H2;1-3,5H;5*1H3;/q7*-1;. The summed E-state index contributed by atoms with van der Waals surface area (Å²) in [5.74, 6) is 0. The number of aromatic nitrogens is 1. The average molecular weight is 307 g/mol. The summed E-state index contributed by atoms with van der Waals surface area (Å²) in [4.78, 5) is 2.74. The Balaban J connectivity index is -0.0000000227. The first-order chi connectivity index (χ1) is 5.00. The minimum Gasteiger partial charge on any atom is -0.484 e. The number of H-pyrrole nitrogens is 1. The maximum Gasteiger partial charge on any atom is 0 e. The van der Waals surface area contributed by atoms with Gasteiger partial charge in [0, 0.05) is 19.5 Å². The van der Waals surface area contributed by atoms with Crippen LogP contribution in [0.1, 0.15) is 6.42 Å². The van der Waals surface area contributed by atoms with Crippen molar-refractivity contribution in [2.24, 2.45) is 0 Å². The molecule has 0 unspecified atom stereocenters. The minimum absolute atomic E-state index is 0. The summed E-state index contributed by atoms with van der Waals surface area (Å²) in [6.45, 7) is 0. The molecule has 0 aliphatic heterocycles. The molecule has 2 heteroatoms. The molecule has 16 heavy (non-hydrogen) atoms. The summed E-state index contributed by atoms with van der Waals surface area (Å²) in [5.41, 5.74) is 0. The van der Waals surface area contributed by atoms with E-state index in [4.69, 9.17) is 0 Å². The molecule has 0 atom stereocenters. The zero-order chi connectivity index (χ0) is 7.07. The predicted molar refractivity (Wildman–Crippen MR) is 73.3 cm³/mol. The van der Waals surface area contributed by atoms with Gasteiger partial charge in [-0.25, -0.2) is 12.2 Å². The van der Waals surface area contributed by atoms with Gasteiger partial charge in [-0.05, 0) is 0 Å². The van der Waals surface area contributed by atoms with Gasteiger partial charge in [0.1, 0.15) is 0 Å². The average Bonchev–Trinajstić information content (AvgIpc) is 2.67. The van der Waals surface area contributed by atoms with Crippen molar-refractivity contribution < 1.29 is 19.5 Å². The summed E-state index contributed by atoms with van der Waals surface area (Å²) in [7, 11) is 0. The number of allylic oxidation sites excluding steroid dienone is 4. The van der Waals surface area contributed by atoms with Crippen LogP contribution in [0.2, 0.25) is 0 Å². The third kappa shape index (κ3) is 23.3. The Kier molecular flexibility index (Phi) is 66.1. The molecule has 1 nitrogen and oxygen atoms in total. The van der Waals surface area contributed by atoms with Gasteiger partial charge in [0.05, 0.1) is 0 Å². The number of nitrogens with one attached hydrogen (secondary N) is 1. The maximum atomic E-state index is 2.99. The molecule has 1 aliphatic rings. The van der Waals surface area contributed by atoms with Crippen molar-refractivity contribution in [1.29, 1.82) is 0 Å². The van der Waals surface area contributed by atoms with Crippen molar-refractivity contribution in [1.82, 2.24) is 4.98 Å². The van der Waals surface area contributed by atoms with Crippen LogP contribution in [0.25, 0.3) is 0 Å². The van der Waals surface area contributed by atoms with Crippen molar-refractivity contribution in [3.63, 3.8) is 0 Å². The molecular formula is C14H24NRu-7. The SMILES string of the molecule is [C-]1=CC=CC1.[CH3-].[CH3-].[CH3-].[CH3-].[CH3-].[Ru].[c-]1ccc[nH]1. The van der Waals surface area contributed by atoms with E-state index in [1.54, 1.807) is 0 Å². The van der Waals surface area contributed by atoms with Crippen LogP contribution < -0.4 is 0 Å². The van der Waals surface area contributed by atoms with Gasteiger partial charge in [0.15, 0.2) is 0 Å². The Morgan fingerprint density at radius 2 is 1.62 bits per heavy atom. The summed E-state index contributed by atoms with van der Waals surface area (Å²) in [6.07, 6.45) is 14.6. The van der Waals surface area contributed by atoms with Gasteiger partial charge in [-0.15, -0.1) is 12.6 Å². The number of rotatable bonds is 0.